The first kappa shape index (κ1) is 16.2. The number of hydrogen-bond donors (Lipinski definition) is 1. The zero-order valence-electron chi connectivity index (χ0n) is 14.2. The van der Waals surface area contributed by atoms with Crippen molar-refractivity contribution >= 4 is 11.7 Å². The maximum atomic E-state index is 12.8. The average Bonchev–Trinajstić information content (AvgIpc) is 3.24. The third kappa shape index (κ3) is 3.53. The Labute approximate surface area is 150 Å². The molecule has 1 N–H and O–H groups in total. The van der Waals surface area contributed by atoms with E-state index in [-0.39, 0.29) is 5.91 Å². The molecule has 4 heterocycles. The molecule has 0 radical (unpaired) electrons. The number of carbonyl (C=O) groups is 1. The fraction of sp³-hybridized carbons (Fsp3) is 0.278. The lowest BCUT2D eigenvalue weighted by Gasteiger charge is -2.32. The van der Waals surface area contributed by atoms with Crippen LogP contribution in [0.4, 0.5) is 5.82 Å². The third-order valence-electron chi connectivity index (χ3n) is 4.47. The molecular formula is C18H19N7O. The van der Waals surface area contributed by atoms with Crippen molar-refractivity contribution in [3.05, 3.63) is 60.9 Å². The van der Waals surface area contributed by atoms with Crippen LogP contribution in [-0.4, -0.2) is 54.7 Å². The van der Waals surface area contributed by atoms with Crippen LogP contribution in [0.5, 0.6) is 0 Å². The fourth-order valence-corrected chi connectivity index (χ4v) is 3.08. The van der Waals surface area contributed by atoms with Crippen LogP contribution in [0.15, 0.2) is 55.4 Å². The topological polar surface area (TPSA) is 88.8 Å². The minimum absolute atomic E-state index is 0.0340. The van der Waals surface area contributed by atoms with E-state index in [1.807, 2.05) is 17.0 Å². The molecule has 0 aromatic carbocycles. The molecule has 3 aromatic rings. The average molecular weight is 349 g/mol. The number of nitrogens with one attached hydrogen (secondary N) is 1. The molecule has 0 atom stereocenters. The van der Waals surface area contributed by atoms with Gasteiger partial charge in [-0.3, -0.25) is 9.36 Å². The first-order valence-corrected chi connectivity index (χ1v) is 8.57. The Kier molecular flexibility index (Phi) is 4.55. The molecule has 8 heteroatoms. The molecule has 1 amide bonds. The number of piperidine rings is 1. The highest BCUT2D eigenvalue weighted by molar-refractivity contribution is 5.94. The van der Waals surface area contributed by atoms with Crippen LogP contribution in [0, 0.1) is 0 Å². The first-order valence-electron chi connectivity index (χ1n) is 8.57. The minimum atomic E-state index is 0.0340. The summed E-state index contributed by atoms with van der Waals surface area (Å²) in [6, 6.07) is 7.62. The van der Waals surface area contributed by atoms with Gasteiger partial charge in [-0.05, 0) is 37.1 Å². The first-order chi connectivity index (χ1) is 12.8. The minimum Gasteiger partial charge on any atom is -0.366 e. The molecule has 1 aliphatic rings. The van der Waals surface area contributed by atoms with Gasteiger partial charge in [0.2, 0.25) is 0 Å². The number of likely N-dealkylation sites (tertiary alicyclic amines) is 1. The summed E-state index contributed by atoms with van der Waals surface area (Å²) in [5.41, 5.74) is 0.643. The summed E-state index contributed by atoms with van der Waals surface area (Å²) >= 11 is 0. The number of amides is 1. The number of rotatable bonds is 4. The van der Waals surface area contributed by atoms with Crippen LogP contribution in [0.3, 0.4) is 0 Å². The van der Waals surface area contributed by atoms with Crippen molar-refractivity contribution in [2.45, 2.75) is 18.9 Å². The molecule has 3 aromatic heterocycles. The molecule has 0 saturated carbocycles. The monoisotopic (exact) mass is 349 g/mol. The van der Waals surface area contributed by atoms with E-state index >= 15 is 0 Å². The second-order valence-corrected chi connectivity index (χ2v) is 6.19. The van der Waals surface area contributed by atoms with Crippen molar-refractivity contribution in [3.8, 4) is 5.82 Å². The van der Waals surface area contributed by atoms with Crippen molar-refractivity contribution in [1.82, 2.24) is 29.6 Å². The molecule has 8 nitrogen and oxygen atoms in total. The lowest BCUT2D eigenvalue weighted by molar-refractivity contribution is 0.0718. The standard InChI is InChI=1S/C18H19N7O/c26-18(14-3-7-20-17(12-14)25-11-8-19-13-25)24-9-4-15(5-10-24)22-16-2-1-6-21-23-16/h1-3,6-8,11-13,15H,4-5,9-10H2,(H,22,23). The van der Waals surface area contributed by atoms with Crippen LogP contribution in [-0.2, 0) is 0 Å². The zero-order chi connectivity index (χ0) is 17.8. The summed E-state index contributed by atoms with van der Waals surface area (Å²) in [5, 5.41) is 11.3. The highest BCUT2D eigenvalue weighted by Gasteiger charge is 2.24. The second kappa shape index (κ2) is 7.30. The van der Waals surface area contributed by atoms with Crippen molar-refractivity contribution < 1.29 is 4.79 Å². The van der Waals surface area contributed by atoms with E-state index in [2.05, 4.69) is 25.5 Å². The molecule has 0 spiro atoms. The van der Waals surface area contributed by atoms with Crippen LogP contribution in [0.25, 0.3) is 5.82 Å². The molecule has 26 heavy (non-hydrogen) atoms. The maximum absolute atomic E-state index is 12.8. The van der Waals surface area contributed by atoms with E-state index in [0.29, 0.717) is 30.5 Å². The molecule has 0 unspecified atom stereocenters. The van der Waals surface area contributed by atoms with Gasteiger partial charge in [0.1, 0.15) is 18.0 Å². The van der Waals surface area contributed by atoms with Gasteiger partial charge in [-0.25, -0.2) is 9.97 Å². The number of anilines is 1. The Hall–Kier alpha value is -3.29. The van der Waals surface area contributed by atoms with Crippen molar-refractivity contribution in [2.75, 3.05) is 18.4 Å². The highest BCUT2D eigenvalue weighted by Crippen LogP contribution is 2.17. The van der Waals surface area contributed by atoms with E-state index in [1.165, 1.54) is 0 Å². The predicted molar refractivity (Wildman–Crippen MR) is 95.9 cm³/mol. The van der Waals surface area contributed by atoms with Gasteiger partial charge in [0, 0.05) is 49.5 Å². The van der Waals surface area contributed by atoms with Gasteiger partial charge in [-0.1, -0.05) is 0 Å². The van der Waals surface area contributed by atoms with Crippen molar-refractivity contribution in [2.24, 2.45) is 0 Å². The Bertz CT molecular complexity index is 858. The number of aromatic nitrogens is 5. The Balaban J connectivity index is 1.39. The highest BCUT2D eigenvalue weighted by atomic mass is 16.2. The molecule has 4 rings (SSSR count). The van der Waals surface area contributed by atoms with Gasteiger partial charge >= 0.3 is 0 Å². The normalized spacial score (nSPS) is 15.0. The van der Waals surface area contributed by atoms with E-state index in [0.717, 1.165) is 18.7 Å². The predicted octanol–water partition coefficient (Wildman–Crippen LogP) is 1.77. The number of hydrogen-bond acceptors (Lipinski definition) is 6. The Morgan fingerprint density at radius 1 is 1.15 bits per heavy atom. The molecule has 0 aliphatic carbocycles. The Morgan fingerprint density at radius 3 is 2.77 bits per heavy atom. The van der Waals surface area contributed by atoms with Crippen molar-refractivity contribution in [3.63, 3.8) is 0 Å². The van der Waals surface area contributed by atoms with Crippen LogP contribution in [0.2, 0.25) is 0 Å². The summed E-state index contributed by atoms with van der Waals surface area (Å²) < 4.78 is 1.79. The Morgan fingerprint density at radius 2 is 2.04 bits per heavy atom. The van der Waals surface area contributed by atoms with Gasteiger partial charge in [-0.2, -0.15) is 5.10 Å². The lowest BCUT2D eigenvalue weighted by atomic mass is 10.0. The van der Waals surface area contributed by atoms with Gasteiger partial charge < -0.3 is 10.2 Å². The third-order valence-corrected chi connectivity index (χ3v) is 4.47. The lowest BCUT2D eigenvalue weighted by Crippen LogP contribution is -2.42. The van der Waals surface area contributed by atoms with Gasteiger partial charge in [-0.15, -0.1) is 5.10 Å². The van der Waals surface area contributed by atoms with E-state index < -0.39 is 0 Å². The van der Waals surface area contributed by atoms with E-state index in [1.54, 1.807) is 47.8 Å². The summed E-state index contributed by atoms with van der Waals surface area (Å²) in [6.07, 6.45) is 10.2. The number of imidazole rings is 1. The zero-order valence-corrected chi connectivity index (χ0v) is 14.2. The smallest absolute Gasteiger partial charge is 0.254 e. The molecule has 1 saturated heterocycles. The van der Waals surface area contributed by atoms with Crippen LogP contribution >= 0.6 is 0 Å². The summed E-state index contributed by atoms with van der Waals surface area (Å²) in [4.78, 5) is 23.0. The SMILES string of the molecule is O=C(c1ccnc(-n2ccnc2)c1)N1CCC(Nc2cccnn2)CC1. The second-order valence-electron chi connectivity index (χ2n) is 6.19. The molecule has 1 fully saturated rings. The van der Waals surface area contributed by atoms with Gasteiger partial charge in [0.05, 0.1) is 0 Å². The summed E-state index contributed by atoms with van der Waals surface area (Å²) in [5.74, 6) is 1.50. The quantitative estimate of drug-likeness (QED) is 0.772. The summed E-state index contributed by atoms with van der Waals surface area (Å²) in [7, 11) is 0. The molecular weight excluding hydrogens is 330 g/mol. The number of nitrogens with zero attached hydrogens (tertiary/aromatic N) is 6. The van der Waals surface area contributed by atoms with Crippen molar-refractivity contribution in [1.29, 1.82) is 0 Å². The van der Waals surface area contributed by atoms with E-state index in [9.17, 15) is 4.79 Å². The molecule has 0 bridgehead atoms. The van der Waals surface area contributed by atoms with Gasteiger partial charge in [0.15, 0.2) is 0 Å². The largest absolute Gasteiger partial charge is 0.366 e. The number of carbonyl (C=O) groups excluding carboxylic acids is 1. The number of pyridine rings is 1. The molecule has 132 valence electrons. The maximum Gasteiger partial charge on any atom is 0.254 e. The summed E-state index contributed by atoms with van der Waals surface area (Å²) in [6.45, 7) is 1.42. The van der Waals surface area contributed by atoms with E-state index in [4.69, 9.17) is 0 Å². The molecule has 1 aliphatic heterocycles. The van der Waals surface area contributed by atoms with Crippen LogP contribution < -0.4 is 5.32 Å². The van der Waals surface area contributed by atoms with Gasteiger partial charge in [0.25, 0.3) is 5.91 Å². The fourth-order valence-electron chi connectivity index (χ4n) is 3.08. The van der Waals surface area contributed by atoms with Crippen LogP contribution in [0.1, 0.15) is 23.2 Å².